The third-order valence-corrected chi connectivity index (χ3v) is 12.5. The Hall–Kier alpha value is -4.74. The third-order valence-electron chi connectivity index (χ3n) is 10.8. The van der Waals surface area contributed by atoms with Crippen molar-refractivity contribution < 1.29 is 18.0 Å². The second-order valence-electron chi connectivity index (χ2n) is 15.3. The molecule has 1 heterocycles. The zero-order chi connectivity index (χ0) is 38.1. The number of fused-ring (bicyclic) bond motifs is 1. The minimum atomic E-state index is -4.26. The molecule has 10 nitrogen and oxygen atoms in total. The second kappa shape index (κ2) is 18.1. The normalized spacial score (nSPS) is 18.6. The van der Waals surface area contributed by atoms with Crippen LogP contribution in [0.5, 0.6) is 0 Å². The van der Waals surface area contributed by atoms with Crippen molar-refractivity contribution in [1.82, 2.24) is 20.4 Å². The SMILES string of the molecule is CN(C)C[C@H]1CC[C@@H](CNC(=N)c2ccc(CC(NC(=O)C(Cc3ccccc3)S(=O)(=O)Nc3ccc4ccccc4c3)C(=O)N3CCCC3)cc2)CC1. The molecule has 1 aliphatic carbocycles. The van der Waals surface area contributed by atoms with Crippen LogP contribution in [0, 0.1) is 17.2 Å². The summed E-state index contributed by atoms with van der Waals surface area (Å²) < 4.78 is 30.8. The summed E-state index contributed by atoms with van der Waals surface area (Å²) in [5.41, 5.74) is 2.60. The van der Waals surface area contributed by atoms with Crippen LogP contribution in [0.1, 0.15) is 55.2 Å². The highest BCUT2D eigenvalue weighted by Crippen LogP contribution is 2.29. The van der Waals surface area contributed by atoms with Crippen LogP contribution in [0.2, 0.25) is 0 Å². The minimum absolute atomic E-state index is 0.0679. The van der Waals surface area contributed by atoms with Gasteiger partial charge in [-0.3, -0.25) is 19.7 Å². The Balaban J connectivity index is 1.15. The first kappa shape index (κ1) is 39.0. The molecular formula is C43H54N6O4S. The molecule has 1 saturated carbocycles. The van der Waals surface area contributed by atoms with Gasteiger partial charge in [0.2, 0.25) is 21.8 Å². The summed E-state index contributed by atoms with van der Waals surface area (Å²) in [6.45, 7) is 3.10. The molecule has 286 valence electrons. The summed E-state index contributed by atoms with van der Waals surface area (Å²) in [6, 6.07) is 28.5. The van der Waals surface area contributed by atoms with E-state index in [-0.39, 0.29) is 18.7 Å². The second-order valence-corrected chi connectivity index (χ2v) is 17.2. The molecule has 1 saturated heterocycles. The highest BCUT2D eigenvalue weighted by atomic mass is 32.2. The number of nitrogens with zero attached hydrogens (tertiary/aromatic N) is 2. The number of carbonyl (C=O) groups is 2. The third kappa shape index (κ3) is 10.5. The fraction of sp³-hybridized carbons (Fsp3) is 0.419. The van der Waals surface area contributed by atoms with Crippen LogP contribution in [0.3, 0.4) is 0 Å². The van der Waals surface area contributed by atoms with Gasteiger partial charge >= 0.3 is 0 Å². The number of sulfonamides is 1. The molecule has 2 aliphatic rings. The van der Waals surface area contributed by atoms with Crippen molar-refractivity contribution >= 4 is 44.1 Å². The van der Waals surface area contributed by atoms with Gasteiger partial charge in [-0.15, -0.1) is 0 Å². The van der Waals surface area contributed by atoms with Gasteiger partial charge < -0.3 is 20.4 Å². The van der Waals surface area contributed by atoms with E-state index in [2.05, 4.69) is 34.4 Å². The van der Waals surface area contributed by atoms with Gasteiger partial charge in [-0.2, -0.15) is 0 Å². The molecule has 6 rings (SSSR count). The smallest absolute Gasteiger partial charge is 0.245 e. The molecule has 0 spiro atoms. The number of hydrogen-bond acceptors (Lipinski definition) is 6. The van der Waals surface area contributed by atoms with E-state index >= 15 is 0 Å². The van der Waals surface area contributed by atoms with Gasteiger partial charge in [0.25, 0.3) is 0 Å². The van der Waals surface area contributed by atoms with Gasteiger partial charge in [0.05, 0.1) is 0 Å². The highest BCUT2D eigenvalue weighted by Gasteiger charge is 2.37. The van der Waals surface area contributed by atoms with Gasteiger partial charge in [-0.1, -0.05) is 84.9 Å². The molecular weight excluding hydrogens is 697 g/mol. The maximum atomic E-state index is 14.2. The number of amides is 2. The number of hydrogen-bond donors (Lipinski definition) is 4. The number of nitrogens with one attached hydrogen (secondary N) is 4. The van der Waals surface area contributed by atoms with Crippen molar-refractivity contribution in [3.63, 3.8) is 0 Å². The van der Waals surface area contributed by atoms with Crippen LogP contribution in [0.25, 0.3) is 10.8 Å². The van der Waals surface area contributed by atoms with E-state index in [1.807, 2.05) is 72.8 Å². The molecule has 11 heteroatoms. The average molecular weight is 751 g/mol. The lowest BCUT2D eigenvalue weighted by molar-refractivity contribution is -0.135. The predicted octanol–water partition coefficient (Wildman–Crippen LogP) is 5.83. The van der Waals surface area contributed by atoms with Crippen LogP contribution in [0.4, 0.5) is 5.69 Å². The molecule has 4 N–H and O–H groups in total. The molecule has 2 atom stereocenters. The van der Waals surface area contributed by atoms with E-state index in [1.165, 1.54) is 25.7 Å². The molecule has 2 amide bonds. The minimum Gasteiger partial charge on any atom is -0.370 e. The number of anilines is 1. The molecule has 0 aromatic heterocycles. The number of amidine groups is 1. The predicted molar refractivity (Wildman–Crippen MR) is 217 cm³/mol. The maximum Gasteiger partial charge on any atom is 0.245 e. The lowest BCUT2D eigenvalue weighted by atomic mass is 9.82. The summed E-state index contributed by atoms with van der Waals surface area (Å²) in [5.74, 6) is 0.713. The Labute approximate surface area is 320 Å². The number of likely N-dealkylation sites (tertiary alicyclic amines) is 1. The molecule has 2 fully saturated rings. The highest BCUT2D eigenvalue weighted by molar-refractivity contribution is 7.94. The van der Waals surface area contributed by atoms with Crippen molar-refractivity contribution in [2.75, 3.05) is 45.0 Å². The average Bonchev–Trinajstić information content (AvgIpc) is 3.72. The fourth-order valence-electron chi connectivity index (χ4n) is 7.81. The zero-order valence-electron chi connectivity index (χ0n) is 31.5. The van der Waals surface area contributed by atoms with Crippen LogP contribution >= 0.6 is 0 Å². The van der Waals surface area contributed by atoms with Crippen molar-refractivity contribution in [1.29, 1.82) is 5.41 Å². The molecule has 54 heavy (non-hydrogen) atoms. The molecule has 2 unspecified atom stereocenters. The molecule has 0 radical (unpaired) electrons. The topological polar surface area (TPSA) is 135 Å². The number of carbonyl (C=O) groups excluding carboxylic acids is 2. The van der Waals surface area contributed by atoms with Gasteiger partial charge in [-0.05, 0) is 105 Å². The van der Waals surface area contributed by atoms with E-state index in [0.717, 1.165) is 53.7 Å². The molecule has 0 bridgehead atoms. The first-order valence-electron chi connectivity index (χ1n) is 19.2. The summed E-state index contributed by atoms with van der Waals surface area (Å²) in [6.07, 6.45) is 6.67. The monoisotopic (exact) mass is 750 g/mol. The zero-order valence-corrected chi connectivity index (χ0v) is 32.3. The van der Waals surface area contributed by atoms with Crippen molar-refractivity contribution in [3.05, 3.63) is 114 Å². The number of rotatable bonds is 15. The van der Waals surface area contributed by atoms with Gasteiger partial charge in [0.15, 0.2) is 5.25 Å². The lowest BCUT2D eigenvalue weighted by Crippen LogP contribution is -2.53. The lowest BCUT2D eigenvalue weighted by Gasteiger charge is -2.30. The molecule has 4 aromatic carbocycles. The summed E-state index contributed by atoms with van der Waals surface area (Å²) in [4.78, 5) is 32.1. The van der Waals surface area contributed by atoms with E-state index in [4.69, 9.17) is 5.41 Å². The summed E-state index contributed by atoms with van der Waals surface area (Å²) in [7, 11) is -0.00272. The Bertz CT molecular complexity index is 1990. The quantitative estimate of drug-likeness (QED) is 0.0894. The van der Waals surface area contributed by atoms with Crippen LogP contribution < -0.4 is 15.4 Å². The summed E-state index contributed by atoms with van der Waals surface area (Å²) >= 11 is 0. The van der Waals surface area contributed by atoms with Gasteiger partial charge in [-0.25, -0.2) is 8.42 Å². The molecule has 1 aliphatic heterocycles. The van der Waals surface area contributed by atoms with E-state index in [9.17, 15) is 18.0 Å². The van der Waals surface area contributed by atoms with Crippen LogP contribution in [0.15, 0.2) is 97.1 Å². The Morgan fingerprint density at radius 3 is 2.11 bits per heavy atom. The van der Waals surface area contributed by atoms with Crippen LogP contribution in [-0.4, -0.2) is 87.4 Å². The van der Waals surface area contributed by atoms with Crippen molar-refractivity contribution in [3.8, 4) is 0 Å². The fourth-order valence-corrected chi connectivity index (χ4v) is 9.17. The van der Waals surface area contributed by atoms with Gasteiger partial charge in [0, 0.05) is 43.9 Å². The molecule has 4 aromatic rings. The largest absolute Gasteiger partial charge is 0.370 e. The van der Waals surface area contributed by atoms with E-state index < -0.39 is 27.2 Å². The van der Waals surface area contributed by atoms with Gasteiger partial charge in [0.1, 0.15) is 11.9 Å². The standard InChI is InChI=1S/C43H54N6O4S/c1-48(2)30-34-16-14-33(15-17-34)29-45-41(44)36-20-18-32(19-21-36)26-39(43(51)49-24-8-9-25-49)46-42(50)40(27-31-10-4-3-5-11-31)54(52,53)47-38-23-22-35-12-6-7-13-37(35)28-38/h3-7,10-13,18-23,28,33-34,39-40,47H,8-9,14-17,24-27,29-30H2,1-2H3,(H2,44,45)(H,46,50)/t33-,34+,39?,40?. The summed E-state index contributed by atoms with van der Waals surface area (Å²) in [5, 5.41) is 15.2. The Kier molecular flexibility index (Phi) is 13.0. The first-order chi connectivity index (χ1) is 26.0. The maximum absolute atomic E-state index is 14.2. The van der Waals surface area contributed by atoms with Crippen molar-refractivity contribution in [2.24, 2.45) is 11.8 Å². The first-order valence-corrected chi connectivity index (χ1v) is 20.8. The van der Waals surface area contributed by atoms with E-state index in [1.54, 1.807) is 29.2 Å². The van der Waals surface area contributed by atoms with E-state index in [0.29, 0.717) is 36.1 Å². The van der Waals surface area contributed by atoms with Crippen molar-refractivity contribution in [2.45, 2.75) is 62.7 Å². The Morgan fingerprint density at radius 2 is 1.43 bits per heavy atom. The Morgan fingerprint density at radius 1 is 0.796 bits per heavy atom. The number of benzene rings is 4. The van der Waals surface area contributed by atoms with Crippen LogP contribution in [-0.2, 0) is 32.5 Å².